The number of halogens is 2. The largest absolute Gasteiger partial charge is 0.324 e. The molecule has 0 fully saturated rings. The van der Waals surface area contributed by atoms with Crippen LogP contribution >= 0.6 is 27.7 Å². The molecular weight excluding hydrogens is 653 g/mol. The summed E-state index contributed by atoms with van der Waals surface area (Å²) in [6, 6.07) is 38.2. The van der Waals surface area contributed by atoms with Gasteiger partial charge in [0, 0.05) is 26.2 Å². The van der Waals surface area contributed by atoms with Gasteiger partial charge in [-0.15, -0.1) is 11.8 Å². The SMILES string of the molecule is O=C(Nc1cccc(SC(C(=O)Nc2ccccc2Br)c2ccccc2)c1)/C(=C/c1ccccc1F)NC(=O)c1ccccc1. The summed E-state index contributed by atoms with van der Waals surface area (Å²) in [6.07, 6.45) is 1.29. The maximum Gasteiger partial charge on any atom is 0.272 e. The molecule has 5 rings (SSSR count). The number of carbonyl (C=O) groups excluding carboxylic acids is 3. The summed E-state index contributed by atoms with van der Waals surface area (Å²) >= 11 is 4.80. The molecule has 0 aliphatic heterocycles. The van der Waals surface area contributed by atoms with Gasteiger partial charge < -0.3 is 16.0 Å². The summed E-state index contributed by atoms with van der Waals surface area (Å²) in [4.78, 5) is 40.7. The third kappa shape index (κ3) is 8.56. The number of hydrogen-bond donors (Lipinski definition) is 3. The Morgan fingerprint density at radius 2 is 1.40 bits per heavy atom. The zero-order valence-corrected chi connectivity index (χ0v) is 26.1. The van der Waals surface area contributed by atoms with Crippen molar-refractivity contribution in [2.24, 2.45) is 0 Å². The predicted molar refractivity (Wildman–Crippen MR) is 181 cm³/mol. The van der Waals surface area contributed by atoms with Gasteiger partial charge in [-0.2, -0.15) is 0 Å². The fourth-order valence-electron chi connectivity index (χ4n) is 4.33. The molecule has 45 heavy (non-hydrogen) atoms. The lowest BCUT2D eigenvalue weighted by atomic mass is 10.1. The van der Waals surface area contributed by atoms with Crippen molar-refractivity contribution in [3.05, 3.63) is 166 Å². The quantitative estimate of drug-likeness (QED) is 0.102. The first-order valence-corrected chi connectivity index (χ1v) is 15.6. The number of rotatable bonds is 10. The molecule has 0 saturated carbocycles. The lowest BCUT2D eigenvalue weighted by Gasteiger charge is -2.18. The number of anilines is 2. The van der Waals surface area contributed by atoms with Crippen LogP contribution in [0.4, 0.5) is 15.8 Å². The molecule has 5 aromatic carbocycles. The van der Waals surface area contributed by atoms with Crippen LogP contribution in [0.5, 0.6) is 0 Å². The minimum atomic E-state index is -0.643. The second-order valence-electron chi connectivity index (χ2n) is 9.76. The Balaban J connectivity index is 1.38. The molecule has 5 aromatic rings. The molecule has 0 radical (unpaired) electrons. The molecule has 6 nitrogen and oxygen atoms in total. The number of hydrogen-bond acceptors (Lipinski definition) is 4. The van der Waals surface area contributed by atoms with E-state index in [1.165, 1.54) is 30.0 Å². The van der Waals surface area contributed by atoms with Crippen LogP contribution in [0.1, 0.15) is 26.7 Å². The highest BCUT2D eigenvalue weighted by Crippen LogP contribution is 2.37. The van der Waals surface area contributed by atoms with Crippen molar-refractivity contribution >= 4 is 62.9 Å². The van der Waals surface area contributed by atoms with Crippen molar-refractivity contribution in [3.63, 3.8) is 0 Å². The highest BCUT2D eigenvalue weighted by molar-refractivity contribution is 9.10. The normalized spacial score (nSPS) is 11.7. The second kappa shape index (κ2) is 15.1. The van der Waals surface area contributed by atoms with E-state index in [-0.39, 0.29) is 17.2 Å². The number of carbonyl (C=O) groups is 3. The second-order valence-corrected chi connectivity index (χ2v) is 11.8. The van der Waals surface area contributed by atoms with Crippen molar-refractivity contribution < 1.29 is 18.8 Å². The molecule has 224 valence electrons. The Kier molecular flexibility index (Phi) is 10.6. The van der Waals surface area contributed by atoms with Gasteiger partial charge in [0.1, 0.15) is 16.8 Å². The lowest BCUT2D eigenvalue weighted by molar-refractivity contribution is -0.116. The molecule has 0 saturated heterocycles. The maximum atomic E-state index is 14.5. The van der Waals surface area contributed by atoms with Crippen LogP contribution in [0.2, 0.25) is 0 Å². The first-order chi connectivity index (χ1) is 21.9. The molecule has 3 N–H and O–H groups in total. The van der Waals surface area contributed by atoms with Crippen LogP contribution in [0.15, 0.2) is 149 Å². The standard InChI is InChI=1S/C36H27BrFN3O3S/c37-29-19-8-10-21-31(29)40-36(44)33(24-12-3-1-4-13-24)45-28-18-11-17-27(23-28)39-35(43)32(22-26-16-7-9-20-30(26)38)41-34(42)25-14-5-2-6-15-25/h1-23,33H,(H,39,43)(H,40,44)(H,41,42)/b32-22-. The third-order valence-electron chi connectivity index (χ3n) is 6.55. The monoisotopic (exact) mass is 679 g/mol. The fraction of sp³-hybridized carbons (Fsp3) is 0.0278. The van der Waals surface area contributed by atoms with Crippen molar-refractivity contribution in [1.29, 1.82) is 0 Å². The summed E-state index contributed by atoms with van der Waals surface area (Å²) in [5, 5.41) is 7.82. The average molecular weight is 681 g/mol. The van der Waals surface area contributed by atoms with E-state index in [9.17, 15) is 18.8 Å². The van der Waals surface area contributed by atoms with Gasteiger partial charge in [-0.05, 0) is 76.1 Å². The molecule has 0 aromatic heterocycles. The van der Waals surface area contributed by atoms with E-state index < -0.39 is 22.9 Å². The predicted octanol–water partition coefficient (Wildman–Crippen LogP) is 8.47. The lowest BCUT2D eigenvalue weighted by Crippen LogP contribution is -2.30. The Labute approximate surface area is 272 Å². The van der Waals surface area contributed by atoms with Crippen LogP contribution in [0.3, 0.4) is 0 Å². The van der Waals surface area contributed by atoms with Crippen molar-refractivity contribution in [2.45, 2.75) is 10.1 Å². The van der Waals surface area contributed by atoms with Crippen LogP contribution in [-0.2, 0) is 9.59 Å². The Bertz CT molecular complexity index is 1850. The third-order valence-corrected chi connectivity index (χ3v) is 8.49. The Hall–Kier alpha value is -4.99. The number of benzene rings is 5. The Morgan fingerprint density at radius 1 is 0.733 bits per heavy atom. The molecule has 9 heteroatoms. The summed E-state index contributed by atoms with van der Waals surface area (Å²) in [6.45, 7) is 0. The summed E-state index contributed by atoms with van der Waals surface area (Å²) in [5.74, 6) is -1.91. The summed E-state index contributed by atoms with van der Waals surface area (Å²) in [5.41, 5.74) is 2.23. The van der Waals surface area contributed by atoms with Gasteiger partial charge in [-0.3, -0.25) is 14.4 Å². The molecule has 0 heterocycles. The van der Waals surface area contributed by atoms with E-state index >= 15 is 0 Å². The van der Waals surface area contributed by atoms with Gasteiger partial charge in [0.05, 0.1) is 5.69 Å². The van der Waals surface area contributed by atoms with Gasteiger partial charge in [-0.1, -0.05) is 84.9 Å². The molecule has 1 unspecified atom stereocenters. The maximum absolute atomic E-state index is 14.5. The fourth-order valence-corrected chi connectivity index (χ4v) is 5.80. The van der Waals surface area contributed by atoms with E-state index in [4.69, 9.17) is 0 Å². The zero-order valence-electron chi connectivity index (χ0n) is 23.7. The summed E-state index contributed by atoms with van der Waals surface area (Å²) < 4.78 is 15.3. The molecule has 0 aliphatic rings. The van der Waals surface area contributed by atoms with E-state index in [0.717, 1.165) is 14.9 Å². The van der Waals surface area contributed by atoms with Gasteiger partial charge in [0.25, 0.3) is 11.8 Å². The smallest absolute Gasteiger partial charge is 0.272 e. The molecule has 0 aliphatic carbocycles. The van der Waals surface area contributed by atoms with Gasteiger partial charge >= 0.3 is 0 Å². The number of nitrogens with one attached hydrogen (secondary N) is 3. The minimum Gasteiger partial charge on any atom is -0.324 e. The van der Waals surface area contributed by atoms with Crippen LogP contribution in [0.25, 0.3) is 6.08 Å². The highest BCUT2D eigenvalue weighted by atomic mass is 79.9. The molecular formula is C36H27BrFN3O3S. The molecule has 1 atom stereocenters. The van der Waals surface area contributed by atoms with Crippen LogP contribution < -0.4 is 16.0 Å². The number of thioether (sulfide) groups is 1. The van der Waals surface area contributed by atoms with Gasteiger partial charge in [-0.25, -0.2) is 4.39 Å². The van der Waals surface area contributed by atoms with E-state index in [0.29, 0.717) is 16.9 Å². The van der Waals surface area contributed by atoms with E-state index in [1.54, 1.807) is 60.7 Å². The van der Waals surface area contributed by atoms with Crippen molar-refractivity contribution in [1.82, 2.24) is 5.32 Å². The first-order valence-electron chi connectivity index (χ1n) is 13.9. The average Bonchev–Trinajstić information content (AvgIpc) is 3.06. The molecule has 3 amide bonds. The van der Waals surface area contributed by atoms with Crippen LogP contribution in [0, 0.1) is 5.82 Å². The topological polar surface area (TPSA) is 87.3 Å². The number of amides is 3. The van der Waals surface area contributed by atoms with Crippen molar-refractivity contribution in [3.8, 4) is 0 Å². The van der Waals surface area contributed by atoms with Gasteiger partial charge in [0.2, 0.25) is 5.91 Å². The zero-order chi connectivity index (χ0) is 31.6. The van der Waals surface area contributed by atoms with Gasteiger partial charge in [0.15, 0.2) is 0 Å². The first kappa shape index (κ1) is 31.4. The minimum absolute atomic E-state index is 0.137. The van der Waals surface area contributed by atoms with E-state index in [1.807, 2.05) is 60.7 Å². The molecule has 0 spiro atoms. The Morgan fingerprint density at radius 3 is 2.13 bits per heavy atom. The van der Waals surface area contributed by atoms with Crippen molar-refractivity contribution in [2.75, 3.05) is 10.6 Å². The van der Waals surface area contributed by atoms with E-state index in [2.05, 4.69) is 31.9 Å². The van der Waals surface area contributed by atoms with Crippen LogP contribution in [-0.4, -0.2) is 17.7 Å². The molecule has 0 bridgehead atoms. The number of para-hydroxylation sites is 1. The summed E-state index contributed by atoms with van der Waals surface area (Å²) in [7, 11) is 0. The highest BCUT2D eigenvalue weighted by Gasteiger charge is 2.23.